The Morgan fingerprint density at radius 1 is 1.20 bits per heavy atom. The summed E-state index contributed by atoms with van der Waals surface area (Å²) in [4.78, 5) is 0. The number of rotatable bonds is 7. The van der Waals surface area contributed by atoms with Gasteiger partial charge in [-0.15, -0.1) is 0 Å². The Hall–Kier alpha value is -0.900. The van der Waals surface area contributed by atoms with Crippen LogP contribution in [-0.2, 0) is 0 Å². The summed E-state index contributed by atoms with van der Waals surface area (Å²) in [6.07, 6.45) is 0. The normalized spacial score (nSPS) is 12.7. The Bertz CT molecular complexity index is 251. The number of likely N-dealkylation sites (N-methyl/N-ethyl adjacent to an activating group) is 1. The summed E-state index contributed by atoms with van der Waals surface area (Å²) in [6, 6.07) is 10.1. The maximum Gasteiger partial charge on any atom is 0.0626 e. The second-order valence-electron chi connectivity index (χ2n) is 3.45. The summed E-state index contributed by atoms with van der Waals surface area (Å²) in [5, 5.41) is 15.8. The highest BCUT2D eigenvalue weighted by Gasteiger charge is 2.07. The molecule has 0 aliphatic rings. The predicted molar refractivity (Wildman–Crippen MR) is 62.8 cm³/mol. The quantitative estimate of drug-likeness (QED) is 0.584. The van der Waals surface area contributed by atoms with Crippen LogP contribution in [-0.4, -0.2) is 31.3 Å². The molecule has 1 atom stereocenters. The molecule has 3 nitrogen and oxygen atoms in total. The maximum atomic E-state index is 9.25. The van der Waals surface area contributed by atoms with Gasteiger partial charge in [-0.25, -0.2) is 0 Å². The van der Waals surface area contributed by atoms with Gasteiger partial charge in [0.2, 0.25) is 0 Å². The molecule has 0 saturated carbocycles. The fourth-order valence-corrected chi connectivity index (χ4v) is 1.48. The van der Waals surface area contributed by atoms with Crippen LogP contribution >= 0.6 is 0 Å². The minimum absolute atomic E-state index is 0.0462. The molecule has 0 saturated heterocycles. The Morgan fingerprint density at radius 3 is 2.53 bits per heavy atom. The van der Waals surface area contributed by atoms with E-state index in [0.717, 1.165) is 25.2 Å². The Balaban J connectivity index is 2.36. The molecule has 1 rings (SSSR count). The third-order valence-electron chi connectivity index (χ3n) is 2.33. The van der Waals surface area contributed by atoms with Gasteiger partial charge in [-0.2, -0.15) is 0 Å². The predicted octanol–water partition coefficient (Wildman–Crippen LogP) is 0.919. The number of aliphatic hydroxyl groups is 1. The van der Waals surface area contributed by atoms with Crippen LogP contribution in [0.1, 0.15) is 18.5 Å². The van der Waals surface area contributed by atoms with Crippen LogP contribution in [0.15, 0.2) is 30.3 Å². The zero-order chi connectivity index (χ0) is 10.9. The average molecular weight is 208 g/mol. The average Bonchev–Trinajstić information content (AvgIpc) is 2.30. The molecule has 0 aromatic heterocycles. The first-order valence-corrected chi connectivity index (χ1v) is 5.48. The van der Waals surface area contributed by atoms with Crippen LogP contribution in [0.4, 0.5) is 0 Å². The largest absolute Gasteiger partial charge is 0.394 e. The summed E-state index contributed by atoms with van der Waals surface area (Å²) >= 11 is 0. The molecule has 3 heteroatoms. The molecule has 0 aliphatic heterocycles. The molecule has 0 fully saturated rings. The van der Waals surface area contributed by atoms with E-state index in [1.54, 1.807) is 0 Å². The first-order chi connectivity index (χ1) is 7.38. The third-order valence-corrected chi connectivity index (χ3v) is 2.33. The van der Waals surface area contributed by atoms with Gasteiger partial charge in [0.15, 0.2) is 0 Å². The number of aliphatic hydroxyl groups excluding tert-OH is 1. The van der Waals surface area contributed by atoms with Crippen LogP contribution in [0.25, 0.3) is 0 Å². The molecule has 0 spiro atoms. The highest BCUT2D eigenvalue weighted by atomic mass is 16.3. The molecule has 0 amide bonds. The van der Waals surface area contributed by atoms with Gasteiger partial charge < -0.3 is 15.7 Å². The zero-order valence-corrected chi connectivity index (χ0v) is 9.24. The highest BCUT2D eigenvalue weighted by molar-refractivity contribution is 5.18. The van der Waals surface area contributed by atoms with Gasteiger partial charge in [-0.1, -0.05) is 37.3 Å². The van der Waals surface area contributed by atoms with Gasteiger partial charge in [0.05, 0.1) is 12.6 Å². The van der Waals surface area contributed by atoms with Gasteiger partial charge in [-0.3, -0.25) is 0 Å². The molecule has 0 heterocycles. The van der Waals surface area contributed by atoms with E-state index in [-0.39, 0.29) is 12.6 Å². The lowest BCUT2D eigenvalue weighted by Crippen LogP contribution is -2.31. The summed E-state index contributed by atoms with van der Waals surface area (Å²) in [5.74, 6) is 0. The lowest BCUT2D eigenvalue weighted by molar-refractivity contribution is 0.245. The molecule has 3 N–H and O–H groups in total. The Kier molecular flexibility index (Phi) is 6.00. The Morgan fingerprint density at radius 2 is 1.93 bits per heavy atom. The van der Waals surface area contributed by atoms with Gasteiger partial charge in [0, 0.05) is 13.1 Å². The molecular formula is C12H20N2O. The standard InChI is InChI=1S/C12H20N2O/c1-2-13-8-9-14-12(10-15)11-6-4-3-5-7-11/h3-7,12-15H,2,8-10H2,1H3/t12-/m0/s1. The lowest BCUT2D eigenvalue weighted by atomic mass is 10.1. The van der Waals surface area contributed by atoms with Crippen molar-refractivity contribution in [2.24, 2.45) is 0 Å². The van der Waals surface area contributed by atoms with E-state index >= 15 is 0 Å². The van der Waals surface area contributed by atoms with Crippen molar-refractivity contribution in [2.75, 3.05) is 26.2 Å². The number of benzene rings is 1. The smallest absolute Gasteiger partial charge is 0.0626 e. The molecule has 15 heavy (non-hydrogen) atoms. The van der Waals surface area contributed by atoms with Crippen LogP contribution in [0.5, 0.6) is 0 Å². The van der Waals surface area contributed by atoms with Crippen molar-refractivity contribution in [3.8, 4) is 0 Å². The van der Waals surface area contributed by atoms with Crippen molar-refractivity contribution in [3.05, 3.63) is 35.9 Å². The second kappa shape index (κ2) is 7.40. The van der Waals surface area contributed by atoms with E-state index in [1.165, 1.54) is 0 Å². The van der Waals surface area contributed by atoms with E-state index in [4.69, 9.17) is 0 Å². The van der Waals surface area contributed by atoms with E-state index < -0.39 is 0 Å². The molecule has 0 aliphatic carbocycles. The molecule has 1 aromatic rings. The Labute approximate surface area is 91.5 Å². The molecular weight excluding hydrogens is 188 g/mol. The van der Waals surface area contributed by atoms with E-state index in [9.17, 15) is 5.11 Å². The maximum absolute atomic E-state index is 9.25. The van der Waals surface area contributed by atoms with E-state index in [2.05, 4.69) is 17.6 Å². The summed E-state index contributed by atoms with van der Waals surface area (Å²) in [5.41, 5.74) is 1.14. The molecule has 0 radical (unpaired) electrons. The molecule has 0 bridgehead atoms. The lowest BCUT2D eigenvalue weighted by Gasteiger charge is -2.16. The van der Waals surface area contributed by atoms with Gasteiger partial charge >= 0.3 is 0 Å². The fraction of sp³-hybridized carbons (Fsp3) is 0.500. The van der Waals surface area contributed by atoms with Crippen LogP contribution in [0.3, 0.4) is 0 Å². The zero-order valence-electron chi connectivity index (χ0n) is 9.24. The number of hydrogen-bond donors (Lipinski definition) is 3. The first kappa shape index (κ1) is 12.2. The highest BCUT2D eigenvalue weighted by Crippen LogP contribution is 2.10. The van der Waals surface area contributed by atoms with E-state index in [0.29, 0.717) is 0 Å². The molecule has 1 aromatic carbocycles. The van der Waals surface area contributed by atoms with Crippen molar-refractivity contribution in [1.82, 2.24) is 10.6 Å². The summed E-state index contributed by atoms with van der Waals surface area (Å²) in [7, 11) is 0. The fourth-order valence-electron chi connectivity index (χ4n) is 1.48. The van der Waals surface area contributed by atoms with Gasteiger partial charge in [0.1, 0.15) is 0 Å². The monoisotopic (exact) mass is 208 g/mol. The SMILES string of the molecule is CCNCCN[C@@H](CO)c1ccccc1. The summed E-state index contributed by atoms with van der Waals surface area (Å²) < 4.78 is 0. The second-order valence-corrected chi connectivity index (χ2v) is 3.45. The minimum Gasteiger partial charge on any atom is -0.394 e. The molecule has 0 unspecified atom stereocenters. The third kappa shape index (κ3) is 4.42. The van der Waals surface area contributed by atoms with E-state index in [1.807, 2.05) is 30.3 Å². The minimum atomic E-state index is 0.0462. The topological polar surface area (TPSA) is 44.3 Å². The first-order valence-electron chi connectivity index (χ1n) is 5.48. The van der Waals surface area contributed by atoms with Crippen LogP contribution in [0.2, 0.25) is 0 Å². The molecule has 84 valence electrons. The van der Waals surface area contributed by atoms with Crippen molar-refractivity contribution in [3.63, 3.8) is 0 Å². The van der Waals surface area contributed by atoms with Crippen LogP contribution in [0, 0.1) is 0 Å². The van der Waals surface area contributed by atoms with Crippen molar-refractivity contribution in [1.29, 1.82) is 0 Å². The van der Waals surface area contributed by atoms with Gasteiger partial charge in [-0.05, 0) is 12.1 Å². The van der Waals surface area contributed by atoms with Crippen molar-refractivity contribution >= 4 is 0 Å². The summed E-state index contributed by atoms with van der Waals surface area (Å²) in [6.45, 7) is 5.00. The van der Waals surface area contributed by atoms with Gasteiger partial charge in [0.25, 0.3) is 0 Å². The number of hydrogen-bond acceptors (Lipinski definition) is 3. The van der Waals surface area contributed by atoms with Crippen molar-refractivity contribution < 1.29 is 5.11 Å². The van der Waals surface area contributed by atoms with Crippen molar-refractivity contribution in [2.45, 2.75) is 13.0 Å². The number of nitrogens with one attached hydrogen (secondary N) is 2. The van der Waals surface area contributed by atoms with Crippen LogP contribution < -0.4 is 10.6 Å².